The predicted octanol–water partition coefficient (Wildman–Crippen LogP) is 4.10. The number of carbonyl (C=O) groups is 2. The Bertz CT molecular complexity index is 1280. The lowest BCUT2D eigenvalue weighted by Crippen LogP contribution is -2.32. The van der Waals surface area contributed by atoms with Crippen LogP contribution in [0, 0.1) is 12.8 Å². The summed E-state index contributed by atoms with van der Waals surface area (Å²) in [5.74, 6) is -0.0291. The van der Waals surface area contributed by atoms with Crippen molar-refractivity contribution < 1.29 is 23.8 Å². The number of aromatic nitrogens is 2. The van der Waals surface area contributed by atoms with Crippen molar-refractivity contribution in [1.29, 1.82) is 0 Å². The van der Waals surface area contributed by atoms with E-state index in [1.54, 1.807) is 42.9 Å². The first-order valence-corrected chi connectivity index (χ1v) is 11.9. The molecule has 36 heavy (non-hydrogen) atoms. The number of para-hydroxylation sites is 1. The van der Waals surface area contributed by atoms with Gasteiger partial charge in [0.1, 0.15) is 5.69 Å². The Balaban J connectivity index is 1.73. The van der Waals surface area contributed by atoms with Gasteiger partial charge in [0.15, 0.2) is 17.6 Å². The van der Waals surface area contributed by atoms with E-state index in [2.05, 4.69) is 5.32 Å². The highest BCUT2D eigenvalue weighted by molar-refractivity contribution is 5.97. The fraction of sp³-hybridized carbons (Fsp3) is 0.370. The molecule has 192 valence electrons. The number of rotatable bonds is 10. The fourth-order valence-electron chi connectivity index (χ4n) is 3.50. The Hall–Kier alpha value is -4.01. The van der Waals surface area contributed by atoms with E-state index in [0.29, 0.717) is 42.0 Å². The van der Waals surface area contributed by atoms with Crippen LogP contribution in [-0.4, -0.2) is 40.6 Å². The molecular weight excluding hydrogens is 462 g/mol. The average Bonchev–Trinajstić information content (AvgIpc) is 3.06. The minimum atomic E-state index is -1.14. The summed E-state index contributed by atoms with van der Waals surface area (Å²) in [7, 11) is 1.73. The zero-order chi connectivity index (χ0) is 26.4. The minimum absolute atomic E-state index is 0.125. The van der Waals surface area contributed by atoms with E-state index in [0.717, 1.165) is 0 Å². The van der Waals surface area contributed by atoms with E-state index in [4.69, 9.17) is 14.2 Å². The van der Waals surface area contributed by atoms with E-state index in [1.807, 2.05) is 39.0 Å². The number of esters is 1. The van der Waals surface area contributed by atoms with Gasteiger partial charge in [0.2, 0.25) is 0 Å². The second-order valence-corrected chi connectivity index (χ2v) is 8.77. The lowest BCUT2D eigenvalue weighted by molar-refractivity contribution is -0.123. The van der Waals surface area contributed by atoms with Crippen LogP contribution >= 0.6 is 0 Å². The minimum Gasteiger partial charge on any atom is -0.490 e. The van der Waals surface area contributed by atoms with Gasteiger partial charge in [-0.25, -0.2) is 9.48 Å². The highest BCUT2D eigenvalue weighted by Gasteiger charge is 2.24. The Kier molecular flexibility index (Phi) is 8.58. The molecule has 9 heteroatoms. The molecule has 1 N–H and O–H groups in total. The number of carbonyl (C=O) groups excluding carboxylic acids is 2. The Morgan fingerprint density at radius 3 is 2.33 bits per heavy atom. The number of benzene rings is 2. The van der Waals surface area contributed by atoms with Crippen LogP contribution in [0.3, 0.4) is 0 Å². The van der Waals surface area contributed by atoms with Crippen LogP contribution in [0.5, 0.6) is 11.5 Å². The van der Waals surface area contributed by atoms with E-state index < -0.39 is 18.0 Å². The van der Waals surface area contributed by atoms with Gasteiger partial charge in [0.05, 0.1) is 30.2 Å². The monoisotopic (exact) mass is 495 g/mol. The number of anilines is 1. The zero-order valence-corrected chi connectivity index (χ0v) is 21.5. The standard InChI is InChI=1S/C27H33N3O6/c1-7-34-23-15-20(13-14-22(23)35-16-17(2)3)27(33)36-19(5)25(31)28-24-18(4)29(6)30(26(24)32)21-11-9-8-10-12-21/h8-15,17,19H,7,16H2,1-6H3,(H,28,31)/t19-/m1/s1. The summed E-state index contributed by atoms with van der Waals surface area (Å²) in [5.41, 5.74) is 1.19. The lowest BCUT2D eigenvalue weighted by atomic mass is 10.2. The predicted molar refractivity (Wildman–Crippen MR) is 137 cm³/mol. The molecule has 0 unspecified atom stereocenters. The van der Waals surface area contributed by atoms with Gasteiger partial charge < -0.3 is 19.5 Å². The molecule has 0 aliphatic rings. The number of ether oxygens (including phenoxy) is 3. The first-order chi connectivity index (χ1) is 17.1. The molecule has 0 saturated carbocycles. The van der Waals surface area contributed by atoms with Gasteiger partial charge in [-0.15, -0.1) is 0 Å². The summed E-state index contributed by atoms with van der Waals surface area (Å²) >= 11 is 0. The molecule has 1 atom stereocenters. The van der Waals surface area contributed by atoms with Gasteiger partial charge >= 0.3 is 5.97 Å². The van der Waals surface area contributed by atoms with E-state index in [-0.39, 0.29) is 16.8 Å². The molecule has 2 aromatic carbocycles. The first kappa shape index (κ1) is 26.6. The maximum Gasteiger partial charge on any atom is 0.339 e. The molecule has 0 bridgehead atoms. The van der Waals surface area contributed by atoms with Crippen LogP contribution in [0.1, 0.15) is 43.7 Å². The molecule has 0 saturated heterocycles. The summed E-state index contributed by atoms with van der Waals surface area (Å²) < 4.78 is 19.9. The van der Waals surface area contributed by atoms with Crippen molar-refractivity contribution in [1.82, 2.24) is 9.36 Å². The van der Waals surface area contributed by atoms with Gasteiger partial charge in [0.25, 0.3) is 11.5 Å². The molecule has 9 nitrogen and oxygen atoms in total. The fourth-order valence-corrected chi connectivity index (χ4v) is 3.50. The molecule has 0 aliphatic heterocycles. The molecule has 3 aromatic rings. The topological polar surface area (TPSA) is 101 Å². The molecular formula is C27H33N3O6. The third-order valence-corrected chi connectivity index (χ3v) is 5.51. The largest absolute Gasteiger partial charge is 0.490 e. The molecule has 1 aromatic heterocycles. The van der Waals surface area contributed by atoms with E-state index in [1.165, 1.54) is 17.7 Å². The lowest BCUT2D eigenvalue weighted by Gasteiger charge is -2.16. The molecule has 3 rings (SSSR count). The number of amides is 1. The van der Waals surface area contributed by atoms with Crippen molar-refractivity contribution in [2.75, 3.05) is 18.5 Å². The second kappa shape index (κ2) is 11.6. The van der Waals surface area contributed by atoms with Crippen LogP contribution in [-0.2, 0) is 16.6 Å². The van der Waals surface area contributed by atoms with Gasteiger partial charge in [-0.3, -0.25) is 14.3 Å². The molecule has 0 spiro atoms. The maximum atomic E-state index is 13.0. The molecule has 0 radical (unpaired) electrons. The Morgan fingerprint density at radius 1 is 1.00 bits per heavy atom. The van der Waals surface area contributed by atoms with Crippen molar-refractivity contribution in [2.45, 2.75) is 40.7 Å². The summed E-state index contributed by atoms with van der Waals surface area (Å²) in [6.45, 7) is 9.98. The van der Waals surface area contributed by atoms with Crippen LogP contribution in [0.15, 0.2) is 53.3 Å². The third kappa shape index (κ3) is 5.97. The van der Waals surface area contributed by atoms with Gasteiger partial charge in [-0.05, 0) is 57.0 Å². The maximum absolute atomic E-state index is 13.0. The van der Waals surface area contributed by atoms with E-state index >= 15 is 0 Å². The Labute approximate surface area is 210 Å². The van der Waals surface area contributed by atoms with Crippen molar-refractivity contribution in [3.63, 3.8) is 0 Å². The van der Waals surface area contributed by atoms with Crippen LogP contribution < -0.4 is 20.3 Å². The highest BCUT2D eigenvalue weighted by atomic mass is 16.5. The van der Waals surface area contributed by atoms with Crippen LogP contribution in [0.4, 0.5) is 5.69 Å². The summed E-state index contributed by atoms with van der Waals surface area (Å²) in [4.78, 5) is 38.6. The van der Waals surface area contributed by atoms with Crippen molar-refractivity contribution in [2.24, 2.45) is 13.0 Å². The Morgan fingerprint density at radius 2 is 1.69 bits per heavy atom. The number of hydrogen-bond donors (Lipinski definition) is 1. The normalized spacial score (nSPS) is 11.8. The van der Waals surface area contributed by atoms with Crippen LogP contribution in [0.25, 0.3) is 5.69 Å². The van der Waals surface area contributed by atoms with Crippen molar-refractivity contribution >= 4 is 17.6 Å². The number of nitrogens with one attached hydrogen (secondary N) is 1. The third-order valence-electron chi connectivity index (χ3n) is 5.51. The summed E-state index contributed by atoms with van der Waals surface area (Å²) in [5, 5.41) is 2.62. The van der Waals surface area contributed by atoms with Gasteiger partial charge in [0, 0.05) is 7.05 Å². The van der Waals surface area contributed by atoms with Crippen LogP contribution in [0.2, 0.25) is 0 Å². The van der Waals surface area contributed by atoms with E-state index in [9.17, 15) is 14.4 Å². The van der Waals surface area contributed by atoms with Gasteiger partial charge in [-0.1, -0.05) is 32.0 Å². The average molecular weight is 496 g/mol. The SMILES string of the molecule is CCOc1cc(C(=O)O[C@H](C)C(=O)Nc2c(C)n(C)n(-c3ccccc3)c2=O)ccc1OCC(C)C. The smallest absolute Gasteiger partial charge is 0.339 e. The first-order valence-electron chi connectivity index (χ1n) is 11.9. The van der Waals surface area contributed by atoms with Gasteiger partial charge in [-0.2, -0.15) is 0 Å². The van der Waals surface area contributed by atoms with Crippen molar-refractivity contribution in [3.8, 4) is 17.2 Å². The summed E-state index contributed by atoms with van der Waals surface area (Å²) in [6, 6.07) is 13.8. The summed E-state index contributed by atoms with van der Waals surface area (Å²) in [6.07, 6.45) is -1.14. The molecule has 0 fully saturated rings. The highest BCUT2D eigenvalue weighted by Crippen LogP contribution is 2.29. The van der Waals surface area contributed by atoms with Crippen molar-refractivity contribution in [3.05, 3.63) is 70.1 Å². The number of hydrogen-bond acceptors (Lipinski definition) is 6. The molecule has 1 amide bonds. The zero-order valence-electron chi connectivity index (χ0n) is 21.5. The molecule has 1 heterocycles. The second-order valence-electron chi connectivity index (χ2n) is 8.77. The molecule has 0 aliphatic carbocycles. The number of nitrogens with zero attached hydrogens (tertiary/aromatic N) is 2. The quantitative estimate of drug-likeness (QED) is 0.425.